The molecular formula is C13H15Cl2NO2. The van der Waals surface area contributed by atoms with Crippen molar-refractivity contribution in [3.8, 4) is 0 Å². The lowest BCUT2D eigenvalue weighted by molar-refractivity contribution is -0.117. The zero-order valence-electron chi connectivity index (χ0n) is 9.99. The SMILES string of the molecule is CC[C@H](CO)NC(=O)/C=C/c1cc(Cl)cc(Cl)c1. The van der Waals surface area contributed by atoms with Gasteiger partial charge in [-0.05, 0) is 36.3 Å². The van der Waals surface area contributed by atoms with Crippen molar-refractivity contribution in [1.82, 2.24) is 5.32 Å². The van der Waals surface area contributed by atoms with Crippen molar-refractivity contribution < 1.29 is 9.90 Å². The highest BCUT2D eigenvalue weighted by Crippen LogP contribution is 2.19. The van der Waals surface area contributed by atoms with E-state index < -0.39 is 0 Å². The van der Waals surface area contributed by atoms with Crippen molar-refractivity contribution in [1.29, 1.82) is 0 Å². The van der Waals surface area contributed by atoms with Crippen LogP contribution in [0.3, 0.4) is 0 Å². The van der Waals surface area contributed by atoms with E-state index in [1.54, 1.807) is 24.3 Å². The van der Waals surface area contributed by atoms with Crippen LogP contribution in [0.25, 0.3) is 6.08 Å². The van der Waals surface area contributed by atoms with Crippen LogP contribution in [0.15, 0.2) is 24.3 Å². The van der Waals surface area contributed by atoms with Gasteiger partial charge in [0.25, 0.3) is 0 Å². The Labute approximate surface area is 116 Å². The summed E-state index contributed by atoms with van der Waals surface area (Å²) in [4.78, 5) is 11.5. The lowest BCUT2D eigenvalue weighted by Gasteiger charge is -2.11. The van der Waals surface area contributed by atoms with Crippen molar-refractivity contribution in [2.45, 2.75) is 19.4 Å². The molecule has 18 heavy (non-hydrogen) atoms. The van der Waals surface area contributed by atoms with Crippen LogP contribution in [0.4, 0.5) is 0 Å². The van der Waals surface area contributed by atoms with Gasteiger partial charge in [0.15, 0.2) is 0 Å². The number of hydrogen-bond donors (Lipinski definition) is 2. The Morgan fingerprint density at radius 3 is 2.50 bits per heavy atom. The van der Waals surface area contributed by atoms with Gasteiger partial charge in [0.05, 0.1) is 12.6 Å². The van der Waals surface area contributed by atoms with Crippen LogP contribution in [0.5, 0.6) is 0 Å². The highest BCUT2D eigenvalue weighted by Gasteiger charge is 2.06. The number of aliphatic hydroxyl groups excluding tert-OH is 1. The van der Waals surface area contributed by atoms with Crippen molar-refractivity contribution in [3.05, 3.63) is 39.9 Å². The number of carbonyl (C=O) groups excluding carboxylic acids is 1. The first-order valence-electron chi connectivity index (χ1n) is 5.60. The number of amides is 1. The Bertz CT molecular complexity index is 422. The van der Waals surface area contributed by atoms with Gasteiger partial charge in [-0.1, -0.05) is 30.1 Å². The van der Waals surface area contributed by atoms with Crippen LogP contribution < -0.4 is 5.32 Å². The minimum absolute atomic E-state index is 0.0704. The molecule has 0 bridgehead atoms. The molecule has 0 unspecified atom stereocenters. The van der Waals surface area contributed by atoms with Crippen LogP contribution in [0, 0.1) is 0 Å². The van der Waals surface area contributed by atoms with Gasteiger partial charge in [-0.2, -0.15) is 0 Å². The van der Waals surface area contributed by atoms with E-state index in [1.165, 1.54) is 6.08 Å². The molecule has 1 aromatic rings. The van der Waals surface area contributed by atoms with E-state index in [1.807, 2.05) is 6.92 Å². The standard InChI is InChI=1S/C13H15Cl2NO2/c1-2-12(8-17)16-13(18)4-3-9-5-10(14)7-11(15)6-9/h3-7,12,17H,2,8H2,1H3,(H,16,18)/b4-3+/t12-/m1/s1. The van der Waals surface area contributed by atoms with Gasteiger partial charge in [-0.15, -0.1) is 0 Å². The maximum absolute atomic E-state index is 11.5. The molecule has 0 heterocycles. The summed E-state index contributed by atoms with van der Waals surface area (Å²) in [5.74, 6) is -0.257. The summed E-state index contributed by atoms with van der Waals surface area (Å²) in [5, 5.41) is 12.7. The summed E-state index contributed by atoms with van der Waals surface area (Å²) >= 11 is 11.7. The fourth-order valence-corrected chi connectivity index (χ4v) is 1.91. The topological polar surface area (TPSA) is 49.3 Å². The maximum Gasteiger partial charge on any atom is 0.244 e. The zero-order valence-corrected chi connectivity index (χ0v) is 11.5. The number of aliphatic hydroxyl groups is 1. The Morgan fingerprint density at radius 1 is 1.39 bits per heavy atom. The molecule has 0 aromatic heterocycles. The molecule has 0 aliphatic carbocycles. The van der Waals surface area contributed by atoms with E-state index in [9.17, 15) is 4.79 Å². The van der Waals surface area contributed by atoms with Crippen LogP contribution in [0.2, 0.25) is 10.0 Å². The van der Waals surface area contributed by atoms with E-state index in [2.05, 4.69) is 5.32 Å². The Hall–Kier alpha value is -1.03. The predicted octanol–water partition coefficient (Wildman–Crippen LogP) is 2.89. The van der Waals surface area contributed by atoms with Gasteiger partial charge in [0, 0.05) is 16.1 Å². The predicted molar refractivity (Wildman–Crippen MR) is 74.8 cm³/mol. The van der Waals surface area contributed by atoms with Gasteiger partial charge in [0.2, 0.25) is 5.91 Å². The number of rotatable bonds is 5. The summed E-state index contributed by atoms with van der Waals surface area (Å²) in [6, 6.07) is 4.82. The highest BCUT2D eigenvalue weighted by molar-refractivity contribution is 6.34. The Balaban J connectivity index is 2.65. The summed E-state index contributed by atoms with van der Waals surface area (Å²) in [7, 11) is 0. The van der Waals surface area contributed by atoms with E-state index in [0.717, 1.165) is 5.56 Å². The van der Waals surface area contributed by atoms with Crippen LogP contribution >= 0.6 is 23.2 Å². The third-order valence-electron chi connectivity index (χ3n) is 2.37. The third kappa shape index (κ3) is 5.08. The maximum atomic E-state index is 11.5. The fraction of sp³-hybridized carbons (Fsp3) is 0.308. The quantitative estimate of drug-likeness (QED) is 0.818. The number of carbonyl (C=O) groups is 1. The molecule has 1 amide bonds. The van der Waals surface area contributed by atoms with E-state index in [0.29, 0.717) is 16.5 Å². The van der Waals surface area contributed by atoms with E-state index >= 15 is 0 Å². The molecule has 0 saturated heterocycles. The second-order valence-corrected chi connectivity index (χ2v) is 4.71. The minimum atomic E-state index is -0.257. The normalized spacial score (nSPS) is 12.7. The second kappa shape index (κ2) is 7.41. The van der Waals surface area contributed by atoms with Crippen molar-refractivity contribution in [2.75, 3.05) is 6.61 Å². The lowest BCUT2D eigenvalue weighted by Crippen LogP contribution is -2.35. The minimum Gasteiger partial charge on any atom is -0.394 e. The molecule has 0 aliphatic heterocycles. The van der Waals surface area contributed by atoms with Gasteiger partial charge >= 0.3 is 0 Å². The fourth-order valence-electron chi connectivity index (χ4n) is 1.37. The molecule has 98 valence electrons. The summed E-state index contributed by atoms with van der Waals surface area (Å²) in [5.41, 5.74) is 0.750. The summed E-state index contributed by atoms with van der Waals surface area (Å²) < 4.78 is 0. The second-order valence-electron chi connectivity index (χ2n) is 3.83. The Morgan fingerprint density at radius 2 is 2.00 bits per heavy atom. The molecule has 0 radical (unpaired) electrons. The molecule has 1 atom stereocenters. The van der Waals surface area contributed by atoms with E-state index in [-0.39, 0.29) is 18.6 Å². The first-order chi connectivity index (χ1) is 8.55. The van der Waals surface area contributed by atoms with Crippen molar-refractivity contribution in [3.63, 3.8) is 0 Å². The van der Waals surface area contributed by atoms with Crippen LogP contribution in [0.1, 0.15) is 18.9 Å². The van der Waals surface area contributed by atoms with E-state index in [4.69, 9.17) is 28.3 Å². The molecular weight excluding hydrogens is 273 g/mol. The lowest BCUT2D eigenvalue weighted by atomic mass is 10.2. The Kier molecular flexibility index (Phi) is 6.19. The molecule has 0 spiro atoms. The molecule has 0 fully saturated rings. The molecule has 5 heteroatoms. The van der Waals surface area contributed by atoms with Crippen LogP contribution in [-0.4, -0.2) is 23.7 Å². The number of benzene rings is 1. The molecule has 1 aromatic carbocycles. The monoisotopic (exact) mass is 287 g/mol. The van der Waals surface area contributed by atoms with Crippen LogP contribution in [-0.2, 0) is 4.79 Å². The van der Waals surface area contributed by atoms with Gasteiger partial charge < -0.3 is 10.4 Å². The first-order valence-corrected chi connectivity index (χ1v) is 6.36. The third-order valence-corrected chi connectivity index (χ3v) is 2.81. The summed E-state index contributed by atoms with van der Waals surface area (Å²) in [6.45, 7) is 1.82. The summed E-state index contributed by atoms with van der Waals surface area (Å²) in [6.07, 6.45) is 3.69. The van der Waals surface area contributed by atoms with Crippen molar-refractivity contribution >= 4 is 35.2 Å². The average molecular weight is 288 g/mol. The highest BCUT2D eigenvalue weighted by atomic mass is 35.5. The molecule has 0 saturated carbocycles. The van der Waals surface area contributed by atoms with Gasteiger partial charge in [-0.3, -0.25) is 4.79 Å². The van der Waals surface area contributed by atoms with Crippen molar-refractivity contribution in [2.24, 2.45) is 0 Å². The molecule has 3 nitrogen and oxygen atoms in total. The number of halogens is 2. The first kappa shape index (κ1) is 15.0. The number of hydrogen-bond acceptors (Lipinski definition) is 2. The smallest absolute Gasteiger partial charge is 0.244 e. The van der Waals surface area contributed by atoms with Gasteiger partial charge in [-0.25, -0.2) is 0 Å². The molecule has 1 rings (SSSR count). The largest absolute Gasteiger partial charge is 0.394 e. The average Bonchev–Trinajstić information content (AvgIpc) is 2.32. The molecule has 2 N–H and O–H groups in total. The zero-order chi connectivity index (χ0) is 13.5. The number of nitrogens with one attached hydrogen (secondary N) is 1. The van der Waals surface area contributed by atoms with Gasteiger partial charge in [0.1, 0.15) is 0 Å². The molecule has 0 aliphatic rings.